The van der Waals surface area contributed by atoms with Gasteiger partial charge < -0.3 is 14.2 Å². The first-order chi connectivity index (χ1) is 12.5. The van der Waals surface area contributed by atoms with Crippen molar-refractivity contribution in [3.8, 4) is 0 Å². The first-order valence-corrected chi connectivity index (χ1v) is 8.95. The molecule has 0 aliphatic carbocycles. The van der Waals surface area contributed by atoms with E-state index >= 15 is 0 Å². The van der Waals surface area contributed by atoms with E-state index in [4.69, 9.17) is 4.74 Å². The summed E-state index contributed by atoms with van der Waals surface area (Å²) in [5.74, 6) is -0.260. The lowest BCUT2D eigenvalue weighted by molar-refractivity contribution is 0.0502. The fraction of sp³-hybridized carbons (Fsp3) is 0.450. The molecule has 2 aromatic heterocycles. The van der Waals surface area contributed by atoms with E-state index in [0.717, 1.165) is 30.8 Å². The summed E-state index contributed by atoms with van der Waals surface area (Å²) in [4.78, 5) is 32.0. The van der Waals surface area contributed by atoms with Crippen molar-refractivity contribution in [1.82, 2.24) is 14.5 Å². The Balaban J connectivity index is 1.94. The SMILES string of the molecule is Cc1cc(C)n(C)c(=O)c1C(=O)N(Cc1ccccn1)C[C@H]1CCCO1. The first-order valence-electron chi connectivity index (χ1n) is 8.95. The fourth-order valence-electron chi connectivity index (χ4n) is 3.34. The molecule has 0 saturated carbocycles. The quantitative estimate of drug-likeness (QED) is 0.825. The normalized spacial score (nSPS) is 16.7. The van der Waals surface area contributed by atoms with Gasteiger partial charge in [-0.05, 0) is 50.5 Å². The van der Waals surface area contributed by atoms with Gasteiger partial charge in [0.2, 0.25) is 0 Å². The van der Waals surface area contributed by atoms with Gasteiger partial charge in [-0.2, -0.15) is 0 Å². The summed E-state index contributed by atoms with van der Waals surface area (Å²) >= 11 is 0. The maximum atomic E-state index is 13.3. The Labute approximate surface area is 153 Å². The maximum Gasteiger partial charge on any atom is 0.263 e. The molecule has 0 N–H and O–H groups in total. The van der Waals surface area contributed by atoms with E-state index in [9.17, 15) is 9.59 Å². The predicted molar refractivity (Wildman–Crippen MR) is 99.1 cm³/mol. The van der Waals surface area contributed by atoms with E-state index in [2.05, 4.69) is 4.98 Å². The van der Waals surface area contributed by atoms with E-state index in [1.807, 2.05) is 38.1 Å². The lowest BCUT2D eigenvalue weighted by Crippen LogP contribution is -2.41. The zero-order valence-corrected chi connectivity index (χ0v) is 15.6. The van der Waals surface area contributed by atoms with Crippen LogP contribution in [0.15, 0.2) is 35.3 Å². The molecule has 0 spiro atoms. The van der Waals surface area contributed by atoms with E-state index in [1.54, 1.807) is 18.1 Å². The number of amides is 1. The Bertz CT molecular complexity index is 839. The molecule has 0 radical (unpaired) electrons. The number of rotatable bonds is 5. The van der Waals surface area contributed by atoms with Crippen molar-refractivity contribution in [1.29, 1.82) is 0 Å². The molecular weight excluding hydrogens is 330 g/mol. The minimum absolute atomic E-state index is 0.0114. The van der Waals surface area contributed by atoms with Crippen LogP contribution >= 0.6 is 0 Å². The van der Waals surface area contributed by atoms with Gasteiger partial charge in [-0.1, -0.05) is 6.07 Å². The summed E-state index contributed by atoms with van der Waals surface area (Å²) in [6.45, 7) is 5.22. The third kappa shape index (κ3) is 3.85. The Kier molecular flexibility index (Phi) is 5.52. The summed E-state index contributed by atoms with van der Waals surface area (Å²) in [7, 11) is 1.69. The topological polar surface area (TPSA) is 64.4 Å². The average molecular weight is 355 g/mol. The standard InChI is InChI=1S/C20H25N3O3/c1-14-11-15(2)22(3)19(24)18(14)20(25)23(13-17-8-6-10-26-17)12-16-7-4-5-9-21-16/h4-5,7,9,11,17H,6,8,10,12-13H2,1-3H3/t17-/m1/s1. The van der Waals surface area contributed by atoms with Crippen LogP contribution in [0, 0.1) is 13.8 Å². The first kappa shape index (κ1) is 18.3. The third-order valence-electron chi connectivity index (χ3n) is 4.90. The van der Waals surface area contributed by atoms with E-state index in [0.29, 0.717) is 18.7 Å². The van der Waals surface area contributed by atoms with Gasteiger partial charge in [0.25, 0.3) is 11.5 Å². The van der Waals surface area contributed by atoms with Gasteiger partial charge in [-0.25, -0.2) is 0 Å². The van der Waals surface area contributed by atoms with Gasteiger partial charge in [0.05, 0.1) is 18.3 Å². The highest BCUT2D eigenvalue weighted by Crippen LogP contribution is 2.17. The highest BCUT2D eigenvalue weighted by molar-refractivity contribution is 5.95. The zero-order valence-electron chi connectivity index (χ0n) is 15.6. The molecule has 2 aromatic rings. The van der Waals surface area contributed by atoms with Crippen molar-refractivity contribution in [2.75, 3.05) is 13.2 Å². The monoisotopic (exact) mass is 355 g/mol. The van der Waals surface area contributed by atoms with Gasteiger partial charge in [0.15, 0.2) is 0 Å². The molecule has 6 nitrogen and oxygen atoms in total. The van der Waals surface area contributed by atoms with E-state index in [-0.39, 0.29) is 23.1 Å². The van der Waals surface area contributed by atoms with Gasteiger partial charge >= 0.3 is 0 Å². The van der Waals surface area contributed by atoms with Crippen LogP contribution in [0.2, 0.25) is 0 Å². The molecule has 6 heteroatoms. The summed E-state index contributed by atoms with van der Waals surface area (Å²) in [6, 6.07) is 7.50. The molecule has 1 aliphatic rings. The molecular formula is C20H25N3O3. The van der Waals surface area contributed by atoms with Crippen LogP contribution in [0.4, 0.5) is 0 Å². The molecule has 0 aromatic carbocycles. The molecule has 1 saturated heterocycles. The summed E-state index contributed by atoms with van der Waals surface area (Å²) < 4.78 is 7.23. The number of aryl methyl sites for hydroxylation is 2. The molecule has 0 unspecified atom stereocenters. The van der Waals surface area contributed by atoms with Crippen LogP contribution < -0.4 is 5.56 Å². The molecule has 3 rings (SSSR count). The molecule has 3 heterocycles. The molecule has 138 valence electrons. The second-order valence-corrected chi connectivity index (χ2v) is 6.85. The summed E-state index contributed by atoms with van der Waals surface area (Å²) in [5.41, 5.74) is 2.30. The second-order valence-electron chi connectivity index (χ2n) is 6.85. The number of aromatic nitrogens is 2. The highest BCUT2D eigenvalue weighted by Gasteiger charge is 2.27. The number of carbonyl (C=O) groups excluding carboxylic acids is 1. The van der Waals surface area contributed by atoms with Crippen molar-refractivity contribution in [2.24, 2.45) is 7.05 Å². The Morgan fingerprint density at radius 3 is 2.85 bits per heavy atom. The van der Waals surface area contributed by atoms with Crippen LogP contribution in [0.3, 0.4) is 0 Å². The van der Waals surface area contributed by atoms with Crippen molar-refractivity contribution < 1.29 is 9.53 Å². The Morgan fingerprint density at radius 1 is 1.38 bits per heavy atom. The molecule has 1 atom stereocenters. The zero-order chi connectivity index (χ0) is 18.7. The molecule has 26 heavy (non-hydrogen) atoms. The molecule has 1 fully saturated rings. The van der Waals surface area contributed by atoms with Crippen LogP contribution in [0.5, 0.6) is 0 Å². The maximum absolute atomic E-state index is 13.3. The lowest BCUT2D eigenvalue weighted by atomic mass is 10.1. The number of pyridine rings is 2. The minimum atomic E-state index is -0.260. The Morgan fingerprint density at radius 2 is 2.19 bits per heavy atom. The number of nitrogens with zero attached hydrogens (tertiary/aromatic N) is 3. The van der Waals surface area contributed by atoms with Crippen molar-refractivity contribution in [3.63, 3.8) is 0 Å². The summed E-state index contributed by atoms with van der Waals surface area (Å²) in [5, 5.41) is 0. The van der Waals surface area contributed by atoms with Crippen LogP contribution in [0.1, 0.15) is 40.2 Å². The molecule has 0 bridgehead atoms. The van der Waals surface area contributed by atoms with Crippen LogP contribution in [-0.2, 0) is 18.3 Å². The van der Waals surface area contributed by atoms with Gasteiger partial charge in [0, 0.05) is 32.1 Å². The van der Waals surface area contributed by atoms with Crippen molar-refractivity contribution in [2.45, 2.75) is 39.3 Å². The lowest BCUT2D eigenvalue weighted by Gasteiger charge is -2.26. The highest BCUT2D eigenvalue weighted by atomic mass is 16.5. The third-order valence-corrected chi connectivity index (χ3v) is 4.90. The molecule has 1 amide bonds. The van der Waals surface area contributed by atoms with Gasteiger partial charge in [0.1, 0.15) is 5.56 Å². The smallest absolute Gasteiger partial charge is 0.263 e. The van der Waals surface area contributed by atoms with Crippen molar-refractivity contribution in [3.05, 3.63) is 63.3 Å². The van der Waals surface area contributed by atoms with Gasteiger partial charge in [-0.3, -0.25) is 14.6 Å². The van der Waals surface area contributed by atoms with E-state index in [1.165, 1.54) is 4.57 Å². The average Bonchev–Trinajstić information content (AvgIpc) is 3.13. The molecule has 1 aliphatic heterocycles. The van der Waals surface area contributed by atoms with Crippen LogP contribution in [-0.4, -0.2) is 39.6 Å². The largest absolute Gasteiger partial charge is 0.376 e. The number of hydrogen-bond donors (Lipinski definition) is 0. The summed E-state index contributed by atoms with van der Waals surface area (Å²) in [6.07, 6.45) is 3.65. The van der Waals surface area contributed by atoms with Crippen molar-refractivity contribution >= 4 is 5.91 Å². The van der Waals surface area contributed by atoms with Gasteiger partial charge in [-0.15, -0.1) is 0 Å². The minimum Gasteiger partial charge on any atom is -0.376 e. The fourth-order valence-corrected chi connectivity index (χ4v) is 3.34. The van der Waals surface area contributed by atoms with Crippen LogP contribution in [0.25, 0.3) is 0 Å². The Hall–Kier alpha value is -2.47. The second kappa shape index (κ2) is 7.83. The number of carbonyl (C=O) groups is 1. The number of ether oxygens (including phenoxy) is 1. The predicted octanol–water partition coefficient (Wildman–Crippen LogP) is 2.22. The van der Waals surface area contributed by atoms with E-state index < -0.39 is 0 Å². The number of hydrogen-bond acceptors (Lipinski definition) is 4.